The van der Waals surface area contributed by atoms with E-state index in [9.17, 15) is 14.7 Å². The first kappa shape index (κ1) is 26.9. The molecule has 0 aliphatic heterocycles. The number of esters is 1. The van der Waals surface area contributed by atoms with Crippen LogP contribution in [0.5, 0.6) is 0 Å². The third-order valence-electron chi connectivity index (χ3n) is 4.05. The van der Waals surface area contributed by atoms with Gasteiger partial charge in [0.25, 0.3) is 0 Å². The summed E-state index contributed by atoms with van der Waals surface area (Å²) in [6, 6.07) is 0. The minimum atomic E-state index is -1.23. The molecule has 0 rings (SSSR count). The van der Waals surface area contributed by atoms with Crippen molar-refractivity contribution in [3.05, 3.63) is 12.3 Å². The van der Waals surface area contributed by atoms with Crippen molar-refractivity contribution < 1.29 is 49.0 Å². The fourth-order valence-corrected chi connectivity index (χ4v) is 2.56. The summed E-state index contributed by atoms with van der Waals surface area (Å²) < 4.78 is 4.79. The molecule has 0 saturated carbocycles. The largest absolute Gasteiger partial charge is 1.00 e. The Kier molecular flexibility index (Phi) is 23.4. The normalized spacial score (nSPS) is 10.6. The molecule has 0 aliphatic carbocycles. The molecule has 0 heterocycles. The SMILES string of the molecule is CCCCCCCCCCCCCC/C=C/OC(=O)CCC(=O)[O-].[Na+]. The van der Waals surface area contributed by atoms with Crippen molar-refractivity contribution in [3.63, 3.8) is 0 Å². The molecule has 0 fully saturated rings. The Labute approximate surface area is 176 Å². The molecule has 0 aromatic rings. The predicted molar refractivity (Wildman–Crippen MR) is 95.2 cm³/mol. The molecule has 0 aromatic heterocycles. The molecule has 0 radical (unpaired) electrons. The summed E-state index contributed by atoms with van der Waals surface area (Å²) >= 11 is 0. The van der Waals surface area contributed by atoms with Crippen molar-refractivity contribution >= 4 is 11.9 Å². The van der Waals surface area contributed by atoms with Crippen LogP contribution >= 0.6 is 0 Å². The van der Waals surface area contributed by atoms with Crippen molar-refractivity contribution in [1.82, 2.24) is 0 Å². The number of ether oxygens (including phenoxy) is 1. The van der Waals surface area contributed by atoms with E-state index in [-0.39, 0.29) is 42.4 Å². The number of hydrogen-bond donors (Lipinski definition) is 0. The smallest absolute Gasteiger partial charge is 0.550 e. The molecule has 5 heteroatoms. The standard InChI is InChI=1S/C20H36O4.Na/c1-2-3-4-5-6-7-8-9-10-11-12-13-14-15-18-24-20(23)17-16-19(21)22;/h15,18H,2-14,16-17H2,1H3,(H,21,22);/q;+1/p-1/b18-15+;. The fraction of sp³-hybridized carbons (Fsp3) is 0.800. The van der Waals surface area contributed by atoms with Crippen LogP contribution in [0.3, 0.4) is 0 Å². The summed E-state index contributed by atoms with van der Waals surface area (Å²) in [5.41, 5.74) is 0. The summed E-state index contributed by atoms with van der Waals surface area (Å²) in [6.45, 7) is 2.25. The zero-order chi connectivity index (χ0) is 17.9. The molecule has 140 valence electrons. The van der Waals surface area contributed by atoms with E-state index in [2.05, 4.69) is 6.92 Å². The van der Waals surface area contributed by atoms with Gasteiger partial charge >= 0.3 is 35.5 Å². The van der Waals surface area contributed by atoms with E-state index < -0.39 is 11.9 Å². The van der Waals surface area contributed by atoms with Crippen molar-refractivity contribution in [2.45, 2.75) is 103 Å². The number of carbonyl (C=O) groups excluding carboxylic acids is 2. The Hall–Kier alpha value is -0.320. The Morgan fingerprint density at radius 3 is 1.76 bits per heavy atom. The zero-order valence-electron chi connectivity index (χ0n) is 16.4. The van der Waals surface area contributed by atoms with Crippen LogP contribution < -0.4 is 34.7 Å². The van der Waals surface area contributed by atoms with Gasteiger partial charge in [0, 0.05) is 5.97 Å². The molecule has 25 heavy (non-hydrogen) atoms. The fourth-order valence-electron chi connectivity index (χ4n) is 2.56. The molecule has 0 amide bonds. The average Bonchev–Trinajstić information content (AvgIpc) is 2.56. The minimum absolute atomic E-state index is 0. The summed E-state index contributed by atoms with van der Waals surface area (Å²) in [5.74, 6) is -1.75. The summed E-state index contributed by atoms with van der Waals surface area (Å²) in [6.07, 6.45) is 19.6. The number of hydrogen-bond acceptors (Lipinski definition) is 4. The second-order valence-corrected chi connectivity index (χ2v) is 6.41. The molecule has 0 bridgehead atoms. The predicted octanol–water partition coefficient (Wildman–Crippen LogP) is 1.67. The van der Waals surface area contributed by atoms with Crippen molar-refractivity contribution in [2.75, 3.05) is 0 Å². The van der Waals surface area contributed by atoms with Gasteiger partial charge in [0.15, 0.2) is 0 Å². The molecule has 0 saturated heterocycles. The molecule has 0 spiro atoms. The Bertz CT molecular complexity index is 343. The van der Waals surface area contributed by atoms with E-state index in [0.717, 1.165) is 12.8 Å². The molecule has 0 N–H and O–H groups in total. The first-order chi connectivity index (χ1) is 11.7. The Morgan fingerprint density at radius 2 is 1.28 bits per heavy atom. The maximum Gasteiger partial charge on any atom is 1.00 e. The first-order valence-electron chi connectivity index (χ1n) is 9.71. The molecule has 4 nitrogen and oxygen atoms in total. The van der Waals surface area contributed by atoms with Gasteiger partial charge in [-0.1, -0.05) is 77.6 Å². The Morgan fingerprint density at radius 1 is 0.800 bits per heavy atom. The number of rotatable bonds is 17. The maximum absolute atomic E-state index is 11.1. The van der Waals surface area contributed by atoms with Crippen LogP contribution in [0.1, 0.15) is 103 Å². The van der Waals surface area contributed by atoms with E-state index in [1.807, 2.05) is 6.08 Å². The number of carbonyl (C=O) groups is 2. The molecule has 0 aliphatic rings. The van der Waals surface area contributed by atoms with Crippen molar-refractivity contribution in [3.8, 4) is 0 Å². The van der Waals surface area contributed by atoms with Crippen LogP contribution in [0.4, 0.5) is 0 Å². The summed E-state index contributed by atoms with van der Waals surface area (Å²) in [4.78, 5) is 21.3. The second kappa shape index (κ2) is 21.7. The van der Waals surface area contributed by atoms with Gasteiger partial charge < -0.3 is 14.6 Å². The van der Waals surface area contributed by atoms with Crippen LogP contribution in [0.25, 0.3) is 0 Å². The molecule has 0 atom stereocenters. The van der Waals surface area contributed by atoms with Gasteiger partial charge in [-0.05, 0) is 25.3 Å². The van der Waals surface area contributed by atoms with Gasteiger partial charge in [0.05, 0.1) is 12.7 Å². The van der Waals surface area contributed by atoms with E-state index in [4.69, 9.17) is 4.74 Å². The van der Waals surface area contributed by atoms with E-state index in [1.165, 1.54) is 76.9 Å². The summed E-state index contributed by atoms with van der Waals surface area (Å²) in [5, 5.41) is 10.2. The van der Waals surface area contributed by atoms with Gasteiger partial charge in [0.2, 0.25) is 0 Å². The Balaban J connectivity index is 0. The van der Waals surface area contributed by atoms with Crippen molar-refractivity contribution in [1.29, 1.82) is 0 Å². The topological polar surface area (TPSA) is 66.4 Å². The van der Waals surface area contributed by atoms with Gasteiger partial charge in [-0.25, -0.2) is 0 Å². The van der Waals surface area contributed by atoms with E-state index in [0.29, 0.717) is 0 Å². The number of aliphatic carboxylic acids is 1. The van der Waals surface area contributed by atoms with Crippen LogP contribution in [-0.2, 0) is 14.3 Å². The maximum atomic E-state index is 11.1. The molecule has 0 aromatic carbocycles. The minimum Gasteiger partial charge on any atom is -0.550 e. The van der Waals surface area contributed by atoms with Crippen LogP contribution in [0.15, 0.2) is 12.3 Å². The second-order valence-electron chi connectivity index (χ2n) is 6.41. The molecular weight excluding hydrogens is 327 g/mol. The van der Waals surface area contributed by atoms with Crippen LogP contribution in [0, 0.1) is 0 Å². The number of unbranched alkanes of at least 4 members (excludes halogenated alkanes) is 12. The number of carboxylic acids is 1. The number of carboxylic acid groups (broad SMARTS) is 1. The van der Waals surface area contributed by atoms with Crippen molar-refractivity contribution in [2.24, 2.45) is 0 Å². The van der Waals surface area contributed by atoms with Gasteiger partial charge in [-0.2, -0.15) is 0 Å². The summed E-state index contributed by atoms with van der Waals surface area (Å²) in [7, 11) is 0. The first-order valence-corrected chi connectivity index (χ1v) is 9.71. The van der Waals surface area contributed by atoms with Gasteiger partial charge in [-0.15, -0.1) is 0 Å². The third kappa shape index (κ3) is 23.7. The molecule has 0 unspecified atom stereocenters. The number of allylic oxidation sites excluding steroid dienone is 1. The van der Waals surface area contributed by atoms with Gasteiger partial charge in [-0.3, -0.25) is 4.79 Å². The van der Waals surface area contributed by atoms with Crippen LogP contribution in [-0.4, -0.2) is 11.9 Å². The third-order valence-corrected chi connectivity index (χ3v) is 4.05. The zero-order valence-corrected chi connectivity index (χ0v) is 18.4. The molecular formula is C20H35NaO4. The van der Waals surface area contributed by atoms with Gasteiger partial charge in [0.1, 0.15) is 0 Å². The quantitative estimate of drug-likeness (QED) is 0.171. The average molecular weight is 362 g/mol. The van der Waals surface area contributed by atoms with E-state index >= 15 is 0 Å². The monoisotopic (exact) mass is 362 g/mol. The van der Waals surface area contributed by atoms with E-state index in [1.54, 1.807) is 0 Å². The van der Waals surface area contributed by atoms with Crippen LogP contribution in [0.2, 0.25) is 0 Å².